The lowest BCUT2D eigenvalue weighted by molar-refractivity contribution is -0.199. The minimum absolute atomic E-state index is 0.152. The number of nitrogen functional groups attached to an aromatic ring is 1. The van der Waals surface area contributed by atoms with Crippen LogP contribution in [0.4, 0.5) is 5.82 Å². The highest BCUT2D eigenvalue weighted by Gasteiger charge is 2.55. The Balaban J connectivity index is 1.77. The molecule has 2 aliphatic rings. The number of fused-ring (bicyclic) bond motifs is 2. The SMILES string of the molecule is CC1(C)O[C@@H]2C(CO)OC(n3cnc4c(N)ncnc43)[C@@H]2O1. The number of nitrogens with zero attached hydrogens (tertiary/aromatic N) is 4. The van der Waals surface area contributed by atoms with E-state index in [-0.39, 0.29) is 18.8 Å². The molecule has 0 aromatic carbocycles. The number of anilines is 1. The fraction of sp³-hybridized carbons (Fsp3) is 0.615. The van der Waals surface area contributed by atoms with E-state index in [0.29, 0.717) is 17.0 Å². The Kier molecular flexibility index (Phi) is 2.89. The average molecular weight is 307 g/mol. The first-order valence-corrected chi connectivity index (χ1v) is 7.05. The third-order valence-corrected chi connectivity index (χ3v) is 3.97. The molecule has 0 amide bonds. The number of aliphatic hydroxyl groups is 1. The summed E-state index contributed by atoms with van der Waals surface area (Å²) < 4.78 is 19.4. The second-order valence-corrected chi connectivity index (χ2v) is 5.90. The Morgan fingerprint density at radius 2 is 2.05 bits per heavy atom. The van der Waals surface area contributed by atoms with Crippen molar-refractivity contribution in [1.82, 2.24) is 19.5 Å². The van der Waals surface area contributed by atoms with Crippen molar-refractivity contribution in [1.29, 1.82) is 0 Å². The van der Waals surface area contributed by atoms with Crippen LogP contribution in [0.15, 0.2) is 12.7 Å². The molecule has 9 heteroatoms. The number of hydrogen-bond acceptors (Lipinski definition) is 8. The van der Waals surface area contributed by atoms with Gasteiger partial charge >= 0.3 is 0 Å². The predicted octanol–water partition coefficient (Wildman–Crippen LogP) is -0.182. The van der Waals surface area contributed by atoms with Gasteiger partial charge in [-0.05, 0) is 13.8 Å². The van der Waals surface area contributed by atoms with Crippen molar-refractivity contribution in [2.24, 2.45) is 0 Å². The lowest BCUT2D eigenvalue weighted by atomic mass is 10.1. The lowest BCUT2D eigenvalue weighted by Gasteiger charge is -2.24. The summed E-state index contributed by atoms with van der Waals surface area (Å²) in [5, 5.41) is 9.52. The number of aromatic nitrogens is 4. The molecule has 0 saturated carbocycles. The molecular weight excluding hydrogens is 290 g/mol. The van der Waals surface area contributed by atoms with Gasteiger partial charge in [0.25, 0.3) is 0 Å². The summed E-state index contributed by atoms with van der Waals surface area (Å²) in [7, 11) is 0. The van der Waals surface area contributed by atoms with Crippen LogP contribution in [-0.4, -0.2) is 55.3 Å². The third kappa shape index (κ3) is 1.90. The van der Waals surface area contributed by atoms with Crippen LogP contribution in [0.2, 0.25) is 0 Å². The van der Waals surface area contributed by atoms with E-state index < -0.39 is 18.1 Å². The van der Waals surface area contributed by atoms with Crippen LogP contribution in [0.3, 0.4) is 0 Å². The van der Waals surface area contributed by atoms with Crippen molar-refractivity contribution in [2.75, 3.05) is 12.3 Å². The standard InChI is InChI=1S/C13H17N5O4/c1-13(2)21-8-6(3-19)20-12(9(8)22-13)18-5-17-7-10(14)15-4-16-11(7)18/h4-6,8-9,12,19H,3H2,1-2H3,(H2,14,15,16)/t6?,8-,9-,12?/m1/s1. The van der Waals surface area contributed by atoms with E-state index in [9.17, 15) is 5.11 Å². The van der Waals surface area contributed by atoms with E-state index in [1.807, 2.05) is 13.8 Å². The number of ether oxygens (including phenoxy) is 3. The second kappa shape index (κ2) is 4.59. The zero-order valence-corrected chi connectivity index (χ0v) is 12.2. The molecule has 0 bridgehead atoms. The predicted molar refractivity (Wildman–Crippen MR) is 74.6 cm³/mol. The molecule has 3 N–H and O–H groups in total. The van der Waals surface area contributed by atoms with Gasteiger partial charge in [0.1, 0.15) is 30.2 Å². The lowest BCUT2D eigenvalue weighted by Crippen LogP contribution is -2.31. The van der Waals surface area contributed by atoms with E-state index in [0.717, 1.165) is 0 Å². The highest BCUT2D eigenvalue weighted by Crippen LogP contribution is 2.43. The van der Waals surface area contributed by atoms with Crippen molar-refractivity contribution in [3.05, 3.63) is 12.7 Å². The highest BCUT2D eigenvalue weighted by atomic mass is 16.8. The first-order chi connectivity index (χ1) is 10.5. The molecule has 9 nitrogen and oxygen atoms in total. The van der Waals surface area contributed by atoms with E-state index >= 15 is 0 Å². The van der Waals surface area contributed by atoms with Gasteiger partial charge in [-0.3, -0.25) is 4.57 Å². The molecule has 0 aliphatic carbocycles. The topological polar surface area (TPSA) is 118 Å². The zero-order chi connectivity index (χ0) is 15.5. The van der Waals surface area contributed by atoms with Crippen LogP contribution in [0.25, 0.3) is 11.2 Å². The van der Waals surface area contributed by atoms with Crippen molar-refractivity contribution in [3.63, 3.8) is 0 Å². The van der Waals surface area contributed by atoms with Gasteiger partial charge in [0.05, 0.1) is 12.9 Å². The second-order valence-electron chi connectivity index (χ2n) is 5.90. The van der Waals surface area contributed by atoms with Gasteiger partial charge in [0.2, 0.25) is 0 Å². The summed E-state index contributed by atoms with van der Waals surface area (Å²) >= 11 is 0. The van der Waals surface area contributed by atoms with Crippen LogP contribution in [0.5, 0.6) is 0 Å². The third-order valence-electron chi connectivity index (χ3n) is 3.97. The minimum atomic E-state index is -0.727. The van der Waals surface area contributed by atoms with Crippen molar-refractivity contribution in [2.45, 2.75) is 44.2 Å². The highest BCUT2D eigenvalue weighted by molar-refractivity contribution is 5.81. The van der Waals surface area contributed by atoms with Crippen molar-refractivity contribution < 1.29 is 19.3 Å². The van der Waals surface area contributed by atoms with Crippen LogP contribution < -0.4 is 5.73 Å². The van der Waals surface area contributed by atoms with Crippen molar-refractivity contribution in [3.8, 4) is 0 Å². The normalized spacial score (nSPS) is 33.4. The number of rotatable bonds is 2. The van der Waals surface area contributed by atoms with Gasteiger partial charge < -0.3 is 25.1 Å². The molecule has 2 unspecified atom stereocenters. The summed E-state index contributed by atoms with van der Waals surface area (Å²) in [6, 6.07) is 0. The van der Waals surface area contributed by atoms with Crippen LogP contribution in [0.1, 0.15) is 20.1 Å². The minimum Gasteiger partial charge on any atom is -0.394 e. The van der Waals surface area contributed by atoms with E-state index in [2.05, 4.69) is 15.0 Å². The van der Waals surface area contributed by atoms with Gasteiger partial charge in [0.15, 0.2) is 23.5 Å². The molecule has 4 heterocycles. The molecule has 0 spiro atoms. The monoisotopic (exact) mass is 307 g/mol. The van der Waals surface area contributed by atoms with Gasteiger partial charge in [-0.15, -0.1) is 0 Å². The molecule has 4 rings (SSSR count). The maximum absolute atomic E-state index is 9.52. The largest absolute Gasteiger partial charge is 0.394 e. The fourth-order valence-corrected chi connectivity index (χ4v) is 3.09. The number of aliphatic hydroxyl groups excluding tert-OH is 1. The number of nitrogens with two attached hydrogens (primary N) is 1. The Hall–Kier alpha value is -1.81. The Morgan fingerprint density at radius 1 is 1.27 bits per heavy atom. The maximum atomic E-state index is 9.52. The molecule has 2 aromatic heterocycles. The molecule has 4 atom stereocenters. The molecule has 2 fully saturated rings. The smallest absolute Gasteiger partial charge is 0.167 e. The van der Waals surface area contributed by atoms with Crippen LogP contribution in [-0.2, 0) is 14.2 Å². The summed E-state index contributed by atoms with van der Waals surface area (Å²) in [5.74, 6) is -0.421. The van der Waals surface area contributed by atoms with Gasteiger partial charge in [0, 0.05) is 0 Å². The molecule has 2 aliphatic heterocycles. The first kappa shape index (κ1) is 13.8. The van der Waals surface area contributed by atoms with Gasteiger partial charge in [-0.1, -0.05) is 0 Å². The Bertz CT molecular complexity index is 718. The molecule has 2 saturated heterocycles. The molecule has 2 aromatic rings. The Labute approximate surface area is 126 Å². The summed E-state index contributed by atoms with van der Waals surface area (Å²) in [4.78, 5) is 12.4. The van der Waals surface area contributed by atoms with E-state index in [1.54, 1.807) is 10.9 Å². The molecule has 118 valence electrons. The van der Waals surface area contributed by atoms with Crippen LogP contribution in [0, 0.1) is 0 Å². The number of imidazole rings is 1. The quantitative estimate of drug-likeness (QED) is 0.784. The molecule has 0 radical (unpaired) electrons. The summed E-state index contributed by atoms with van der Waals surface area (Å²) in [6.45, 7) is 3.52. The average Bonchev–Trinajstić information content (AvgIpc) is 3.10. The van der Waals surface area contributed by atoms with E-state index in [4.69, 9.17) is 19.9 Å². The summed E-state index contributed by atoms with van der Waals surface area (Å²) in [5.41, 5.74) is 6.87. The summed E-state index contributed by atoms with van der Waals surface area (Å²) in [6.07, 6.45) is 1.30. The van der Waals surface area contributed by atoms with Crippen LogP contribution >= 0.6 is 0 Å². The van der Waals surface area contributed by atoms with Crippen molar-refractivity contribution >= 4 is 17.0 Å². The van der Waals surface area contributed by atoms with Gasteiger partial charge in [-0.2, -0.15) is 0 Å². The van der Waals surface area contributed by atoms with Gasteiger partial charge in [-0.25, -0.2) is 15.0 Å². The first-order valence-electron chi connectivity index (χ1n) is 7.05. The molecular formula is C13H17N5O4. The molecule has 22 heavy (non-hydrogen) atoms. The van der Waals surface area contributed by atoms with E-state index in [1.165, 1.54) is 6.33 Å². The fourth-order valence-electron chi connectivity index (χ4n) is 3.09. The number of hydrogen-bond donors (Lipinski definition) is 2. The Morgan fingerprint density at radius 3 is 2.82 bits per heavy atom. The zero-order valence-electron chi connectivity index (χ0n) is 12.2. The maximum Gasteiger partial charge on any atom is 0.167 e.